The van der Waals surface area contributed by atoms with Crippen molar-refractivity contribution in [2.24, 2.45) is 17.3 Å². The number of anilines is 2. The number of pyridine rings is 1. The van der Waals surface area contributed by atoms with E-state index in [1.54, 1.807) is 6.20 Å². The number of nitrogens with zero attached hydrogens (tertiary/aromatic N) is 3. The first-order valence-electron chi connectivity index (χ1n) is 10.8. The van der Waals surface area contributed by atoms with E-state index in [1.165, 1.54) is 6.42 Å². The number of amides is 1. The molecule has 4 saturated carbocycles. The van der Waals surface area contributed by atoms with Gasteiger partial charge in [0.2, 0.25) is 5.91 Å². The lowest BCUT2D eigenvalue weighted by Gasteiger charge is -2.60. The monoisotopic (exact) mass is 384 g/mol. The Labute approximate surface area is 167 Å². The second-order valence-electron chi connectivity index (χ2n) is 10.1. The second kappa shape index (κ2) is 6.70. The summed E-state index contributed by atoms with van der Waals surface area (Å²) in [5, 5.41) is 13.9. The fourth-order valence-corrected chi connectivity index (χ4v) is 6.84. The lowest BCUT2D eigenvalue weighted by atomic mass is 9.47. The molecule has 1 saturated heterocycles. The summed E-state index contributed by atoms with van der Waals surface area (Å²) in [4.78, 5) is 22.0. The number of likely N-dealkylation sites (N-methyl/N-ethyl adjacent to an activating group) is 1. The second-order valence-corrected chi connectivity index (χ2v) is 10.1. The first-order valence-corrected chi connectivity index (χ1v) is 10.8. The maximum absolute atomic E-state index is 12.8. The average molecular weight is 385 g/mol. The maximum atomic E-state index is 12.8. The first kappa shape index (κ1) is 18.4. The van der Waals surface area contributed by atoms with E-state index in [9.17, 15) is 9.90 Å². The summed E-state index contributed by atoms with van der Waals surface area (Å²) in [5.74, 6) is 2.28. The topological polar surface area (TPSA) is 68.7 Å². The van der Waals surface area contributed by atoms with Crippen LogP contribution in [-0.2, 0) is 4.79 Å². The van der Waals surface area contributed by atoms with E-state index >= 15 is 0 Å². The quantitative estimate of drug-likeness (QED) is 0.835. The van der Waals surface area contributed by atoms with Crippen molar-refractivity contribution >= 4 is 17.4 Å². The number of hydrogen-bond acceptors (Lipinski definition) is 5. The van der Waals surface area contributed by atoms with E-state index in [0.717, 1.165) is 69.8 Å². The summed E-state index contributed by atoms with van der Waals surface area (Å²) in [5.41, 5.74) is 0.276. The SMILES string of the molecule is CN1CCN(c2ccc(NC(=O)CC34CC5CC(CC(O)(C5)C3)C4)cn2)CC1. The van der Waals surface area contributed by atoms with Gasteiger partial charge in [0.05, 0.1) is 17.5 Å². The van der Waals surface area contributed by atoms with Crippen LogP contribution in [0.3, 0.4) is 0 Å². The molecule has 28 heavy (non-hydrogen) atoms. The molecule has 2 heterocycles. The van der Waals surface area contributed by atoms with Crippen LogP contribution in [0.5, 0.6) is 0 Å². The van der Waals surface area contributed by atoms with Gasteiger partial charge in [0, 0.05) is 32.6 Å². The lowest BCUT2D eigenvalue weighted by molar-refractivity contribution is -0.167. The minimum atomic E-state index is -0.504. The van der Waals surface area contributed by atoms with Crippen LogP contribution in [0.25, 0.3) is 0 Å². The van der Waals surface area contributed by atoms with Gasteiger partial charge in [-0.3, -0.25) is 4.79 Å². The Morgan fingerprint density at radius 1 is 1.18 bits per heavy atom. The zero-order valence-corrected chi connectivity index (χ0v) is 16.9. The summed E-state index contributed by atoms with van der Waals surface area (Å²) < 4.78 is 0. The van der Waals surface area contributed by atoms with E-state index in [-0.39, 0.29) is 11.3 Å². The van der Waals surface area contributed by atoms with Crippen molar-refractivity contribution in [2.75, 3.05) is 43.4 Å². The number of carbonyl (C=O) groups excluding carboxylic acids is 1. The number of carbonyl (C=O) groups is 1. The third-order valence-electron chi connectivity index (χ3n) is 7.55. The molecule has 152 valence electrons. The Kier molecular flexibility index (Phi) is 4.40. The van der Waals surface area contributed by atoms with Crippen molar-refractivity contribution in [3.8, 4) is 0 Å². The smallest absolute Gasteiger partial charge is 0.224 e. The number of nitrogens with one attached hydrogen (secondary N) is 1. The third kappa shape index (κ3) is 3.52. The van der Waals surface area contributed by atoms with Crippen molar-refractivity contribution in [1.82, 2.24) is 9.88 Å². The van der Waals surface area contributed by atoms with E-state index in [2.05, 4.69) is 27.1 Å². The molecule has 4 aliphatic carbocycles. The highest BCUT2D eigenvalue weighted by Crippen LogP contribution is 2.62. The van der Waals surface area contributed by atoms with Crippen LogP contribution in [0.1, 0.15) is 44.9 Å². The first-order chi connectivity index (χ1) is 13.4. The van der Waals surface area contributed by atoms with E-state index in [0.29, 0.717) is 18.3 Å². The highest BCUT2D eigenvalue weighted by Gasteiger charge is 2.57. The number of aliphatic hydroxyl groups is 1. The largest absolute Gasteiger partial charge is 0.390 e. The summed E-state index contributed by atoms with van der Waals surface area (Å²) >= 11 is 0. The van der Waals surface area contributed by atoms with Crippen molar-refractivity contribution in [1.29, 1.82) is 0 Å². The Bertz CT molecular complexity index is 727. The summed E-state index contributed by atoms with van der Waals surface area (Å²) in [6, 6.07) is 3.97. The van der Waals surface area contributed by atoms with Gasteiger partial charge in [-0.2, -0.15) is 0 Å². The fraction of sp³-hybridized carbons (Fsp3) is 0.727. The summed E-state index contributed by atoms with van der Waals surface area (Å²) in [7, 11) is 2.14. The van der Waals surface area contributed by atoms with E-state index in [4.69, 9.17) is 0 Å². The Morgan fingerprint density at radius 2 is 1.89 bits per heavy atom. The molecule has 0 aromatic carbocycles. The molecule has 1 aromatic heterocycles. The van der Waals surface area contributed by atoms with Crippen LogP contribution in [0, 0.1) is 17.3 Å². The van der Waals surface area contributed by atoms with Crippen LogP contribution in [0.4, 0.5) is 11.5 Å². The van der Waals surface area contributed by atoms with Gasteiger partial charge in [0.15, 0.2) is 0 Å². The van der Waals surface area contributed by atoms with Crippen LogP contribution in [-0.4, -0.2) is 59.7 Å². The number of aromatic nitrogens is 1. The zero-order chi connectivity index (χ0) is 19.4. The van der Waals surface area contributed by atoms with Gasteiger partial charge >= 0.3 is 0 Å². The molecule has 6 nitrogen and oxygen atoms in total. The molecule has 1 aromatic rings. The third-order valence-corrected chi connectivity index (χ3v) is 7.55. The number of piperazine rings is 1. The van der Waals surface area contributed by atoms with Gasteiger partial charge in [0.25, 0.3) is 0 Å². The molecule has 1 amide bonds. The van der Waals surface area contributed by atoms with Gasteiger partial charge in [-0.05, 0) is 75.0 Å². The fourth-order valence-electron chi connectivity index (χ4n) is 6.84. The highest BCUT2D eigenvalue weighted by atomic mass is 16.3. The molecule has 2 atom stereocenters. The molecule has 6 rings (SSSR count). The minimum absolute atomic E-state index is 0.0100. The number of rotatable bonds is 4. The van der Waals surface area contributed by atoms with Crippen LogP contribution in [0.15, 0.2) is 18.3 Å². The molecular formula is C22H32N4O2. The predicted octanol–water partition coefficient (Wildman–Crippen LogP) is 2.49. The van der Waals surface area contributed by atoms with Crippen LogP contribution in [0.2, 0.25) is 0 Å². The molecule has 5 aliphatic rings. The van der Waals surface area contributed by atoms with Gasteiger partial charge in [-0.1, -0.05) is 0 Å². The predicted molar refractivity (Wildman–Crippen MR) is 109 cm³/mol. The summed E-state index contributed by atoms with van der Waals surface area (Å²) in [6.07, 6.45) is 8.49. The molecule has 0 radical (unpaired) electrons. The molecule has 5 fully saturated rings. The standard InChI is InChI=1S/C22H32N4O2/c1-25-4-6-26(7-5-25)19-3-2-18(14-23-19)24-20(27)13-21-9-16-8-17(10-21)12-22(28,11-16)15-21/h2-3,14,16-17,28H,4-13,15H2,1H3,(H,24,27). The Hall–Kier alpha value is -1.66. The lowest BCUT2D eigenvalue weighted by Crippen LogP contribution is -2.56. The van der Waals surface area contributed by atoms with Gasteiger partial charge in [-0.25, -0.2) is 4.98 Å². The molecule has 1 aliphatic heterocycles. The normalized spacial score (nSPS) is 37.3. The molecular weight excluding hydrogens is 352 g/mol. The van der Waals surface area contributed by atoms with Crippen molar-refractivity contribution in [3.63, 3.8) is 0 Å². The Balaban J connectivity index is 1.20. The molecule has 0 spiro atoms. The van der Waals surface area contributed by atoms with Crippen LogP contribution < -0.4 is 10.2 Å². The Morgan fingerprint density at radius 3 is 2.50 bits per heavy atom. The van der Waals surface area contributed by atoms with Crippen LogP contribution >= 0.6 is 0 Å². The van der Waals surface area contributed by atoms with E-state index < -0.39 is 5.60 Å². The summed E-state index contributed by atoms with van der Waals surface area (Å²) in [6.45, 7) is 4.08. The molecule has 6 heteroatoms. The number of hydrogen-bond donors (Lipinski definition) is 2. The maximum Gasteiger partial charge on any atom is 0.224 e. The van der Waals surface area contributed by atoms with Gasteiger partial charge < -0.3 is 20.2 Å². The molecule has 4 bridgehead atoms. The van der Waals surface area contributed by atoms with Gasteiger partial charge in [0.1, 0.15) is 5.82 Å². The van der Waals surface area contributed by atoms with Crippen molar-refractivity contribution < 1.29 is 9.90 Å². The average Bonchev–Trinajstić information content (AvgIpc) is 2.60. The molecule has 2 unspecified atom stereocenters. The van der Waals surface area contributed by atoms with Gasteiger partial charge in [-0.15, -0.1) is 0 Å². The highest BCUT2D eigenvalue weighted by molar-refractivity contribution is 5.91. The minimum Gasteiger partial charge on any atom is -0.390 e. The van der Waals surface area contributed by atoms with Crippen molar-refractivity contribution in [3.05, 3.63) is 18.3 Å². The molecule has 2 N–H and O–H groups in total. The zero-order valence-electron chi connectivity index (χ0n) is 16.9. The van der Waals surface area contributed by atoms with E-state index in [1.807, 2.05) is 12.1 Å². The van der Waals surface area contributed by atoms with Crippen molar-refractivity contribution in [2.45, 2.75) is 50.5 Å².